The van der Waals surface area contributed by atoms with Crippen molar-refractivity contribution in [2.75, 3.05) is 25.6 Å². The fourth-order valence-electron chi connectivity index (χ4n) is 7.62. The van der Waals surface area contributed by atoms with Gasteiger partial charge in [0.25, 0.3) is 0 Å². The Morgan fingerprint density at radius 1 is 1.08 bits per heavy atom. The van der Waals surface area contributed by atoms with E-state index in [0.717, 1.165) is 43.9 Å². The predicted molar refractivity (Wildman–Crippen MR) is 190 cm³/mol. The molecule has 1 amide bonds. The number of rotatable bonds is 8. The van der Waals surface area contributed by atoms with E-state index in [1.54, 1.807) is 49.3 Å². The molecule has 1 aliphatic carbocycles. The van der Waals surface area contributed by atoms with Gasteiger partial charge in [0.15, 0.2) is 11.5 Å². The van der Waals surface area contributed by atoms with Crippen molar-refractivity contribution in [2.24, 2.45) is 7.05 Å². The van der Waals surface area contributed by atoms with E-state index in [-0.39, 0.29) is 64.3 Å². The lowest BCUT2D eigenvalue weighted by Gasteiger charge is -2.27. The fourth-order valence-corrected chi connectivity index (χ4v) is 7.62. The number of amides is 1. The molecule has 53 heavy (non-hydrogen) atoms. The summed E-state index contributed by atoms with van der Waals surface area (Å²) in [5.74, 6) is -3.31. The van der Waals surface area contributed by atoms with Gasteiger partial charge in [-0.05, 0) is 57.7 Å². The molecule has 0 bridgehead atoms. The van der Waals surface area contributed by atoms with E-state index in [2.05, 4.69) is 15.6 Å². The van der Waals surface area contributed by atoms with Crippen LogP contribution < -0.4 is 15.4 Å². The number of methoxy groups -OCH3 is 1. The van der Waals surface area contributed by atoms with E-state index in [4.69, 9.17) is 9.47 Å². The number of carbonyl (C=O) groups excluding carboxylic acids is 2. The molecule has 1 aliphatic heterocycles. The van der Waals surface area contributed by atoms with Crippen molar-refractivity contribution in [3.8, 4) is 16.9 Å². The van der Waals surface area contributed by atoms with Gasteiger partial charge < -0.3 is 29.2 Å². The monoisotopic (exact) mass is 735 g/mol. The Kier molecular flexibility index (Phi) is 9.62. The fraction of sp³-hybridized carbons (Fsp3) is 0.359. The van der Waals surface area contributed by atoms with Crippen molar-refractivity contribution in [2.45, 2.75) is 64.4 Å². The van der Waals surface area contributed by atoms with E-state index in [0.29, 0.717) is 29.0 Å². The number of anilines is 1. The predicted octanol–water partition coefficient (Wildman–Crippen LogP) is 7.77. The van der Waals surface area contributed by atoms with E-state index in [9.17, 15) is 22.8 Å². The number of alkyl halides is 3. The van der Waals surface area contributed by atoms with E-state index in [1.165, 1.54) is 18.2 Å². The number of nitrogens with one attached hydrogen (secondary N) is 2. The first-order chi connectivity index (χ1) is 25.3. The Morgan fingerprint density at radius 3 is 2.47 bits per heavy atom. The zero-order valence-corrected chi connectivity index (χ0v) is 29.6. The third-order valence-corrected chi connectivity index (χ3v) is 10.4. The number of imidazole rings is 1. The Bertz CT molecular complexity index is 2280. The van der Waals surface area contributed by atoms with Crippen LogP contribution in [0.25, 0.3) is 33.1 Å². The quantitative estimate of drug-likeness (QED) is 0.0961. The maximum Gasteiger partial charge on any atom is 0.417 e. The lowest BCUT2D eigenvalue weighted by atomic mass is 9.93. The summed E-state index contributed by atoms with van der Waals surface area (Å²) in [5.41, 5.74) is -0.637. The number of nitrogens with zero attached hydrogens (tertiary/aromatic N) is 3. The molecule has 5 aromatic rings. The molecular weight excluding hydrogens is 697 g/mol. The summed E-state index contributed by atoms with van der Waals surface area (Å²) < 4.78 is 89.8. The van der Waals surface area contributed by atoms with Gasteiger partial charge in [-0.1, -0.05) is 24.3 Å². The highest BCUT2D eigenvalue weighted by atomic mass is 19.4. The first kappa shape index (κ1) is 36.3. The van der Waals surface area contributed by atoms with Crippen LogP contribution in [0.5, 0.6) is 5.75 Å². The van der Waals surface area contributed by atoms with Crippen LogP contribution in [0.4, 0.5) is 27.6 Å². The number of hydrogen-bond donors (Lipinski definition) is 2. The van der Waals surface area contributed by atoms with Gasteiger partial charge in [-0.15, -0.1) is 0 Å². The minimum absolute atomic E-state index is 0.0123. The van der Waals surface area contributed by atoms with Crippen molar-refractivity contribution in [1.82, 2.24) is 19.4 Å². The Balaban J connectivity index is 1.20. The van der Waals surface area contributed by atoms with E-state index < -0.39 is 40.8 Å². The molecule has 0 radical (unpaired) electrons. The molecule has 0 atom stereocenters. The standard InChI is InChI=1S/C39H38F5N5O4/c1-20-32(37(51)22-17-28(40)34(29(41)18-22)47-31(50)9-6-14-45-23-10-12-24(52-4)13-11-23)25-7-5-8-26-33-27(39(42,43)44)19-30-35(46-21(2)48(30)3)38(33)53-16-15-49(20)36(25)26/h5-9,17-19,23-24,45H,10-16H2,1-4H3,(H,47,50)/b9-6+. The number of hydrogen-bond acceptors (Lipinski definition) is 6. The number of ether oxygens (including phenoxy) is 2. The lowest BCUT2D eigenvalue weighted by molar-refractivity contribution is -0.137. The number of carbonyl (C=O) groups is 2. The number of benzene rings is 3. The van der Waals surface area contributed by atoms with Crippen molar-refractivity contribution in [3.63, 3.8) is 0 Å². The highest BCUT2D eigenvalue weighted by Crippen LogP contribution is 2.49. The summed E-state index contributed by atoms with van der Waals surface area (Å²) in [6.45, 7) is 3.84. The minimum Gasteiger partial charge on any atom is -0.489 e. The molecule has 14 heteroatoms. The van der Waals surface area contributed by atoms with Gasteiger partial charge in [-0.25, -0.2) is 13.8 Å². The normalized spacial score (nSPS) is 17.5. The minimum atomic E-state index is -4.77. The molecular formula is C39H38F5N5O4. The third kappa shape index (κ3) is 6.58. The third-order valence-electron chi connectivity index (χ3n) is 10.4. The van der Waals surface area contributed by atoms with Crippen molar-refractivity contribution in [1.29, 1.82) is 0 Å². The van der Waals surface area contributed by atoms with Gasteiger partial charge >= 0.3 is 6.18 Å². The van der Waals surface area contributed by atoms with Crippen LogP contribution in [0.2, 0.25) is 0 Å². The highest BCUT2D eigenvalue weighted by Gasteiger charge is 2.39. The number of para-hydroxylation sites is 1. The number of fused-ring (bicyclic) bond motifs is 4. The second kappa shape index (κ2) is 14.0. The molecule has 0 unspecified atom stereocenters. The Hall–Kier alpha value is -5.08. The molecule has 1 saturated carbocycles. The van der Waals surface area contributed by atoms with Crippen LogP contribution in [0.3, 0.4) is 0 Å². The van der Waals surface area contributed by atoms with Gasteiger partial charge in [0.05, 0.1) is 34.8 Å². The lowest BCUT2D eigenvalue weighted by Crippen LogP contribution is -2.35. The largest absolute Gasteiger partial charge is 0.489 e. The molecule has 2 aliphatic rings. The van der Waals surface area contributed by atoms with Gasteiger partial charge in [-0.2, -0.15) is 13.2 Å². The summed E-state index contributed by atoms with van der Waals surface area (Å²) in [6.07, 6.45) is 2.01. The maximum atomic E-state index is 15.4. The maximum absolute atomic E-state index is 15.4. The highest BCUT2D eigenvalue weighted by molar-refractivity contribution is 6.19. The second-order valence-electron chi connectivity index (χ2n) is 13.5. The summed E-state index contributed by atoms with van der Waals surface area (Å²) in [4.78, 5) is 31.2. The van der Waals surface area contributed by atoms with Gasteiger partial charge in [0.1, 0.15) is 35.3 Å². The number of halogens is 5. The topological polar surface area (TPSA) is 99.4 Å². The summed E-state index contributed by atoms with van der Waals surface area (Å²) >= 11 is 0. The SMILES string of the molecule is COC1CCC(NC/C=C/C(=O)Nc2c(F)cc(C(=O)c3c(C)n4c5c(cccc35)-c3c(C(F)(F)F)cc5c(nc(C)n5C)c3OCC4)cc2F)CC1. The van der Waals surface area contributed by atoms with Crippen LogP contribution in [0, 0.1) is 25.5 Å². The zero-order chi connectivity index (χ0) is 37.8. The first-order valence-electron chi connectivity index (χ1n) is 17.4. The van der Waals surface area contributed by atoms with Gasteiger partial charge in [-0.3, -0.25) is 9.59 Å². The van der Waals surface area contributed by atoms with E-state index >= 15 is 8.78 Å². The molecule has 0 saturated heterocycles. The van der Waals surface area contributed by atoms with Crippen LogP contribution in [-0.4, -0.2) is 58.2 Å². The molecule has 7 rings (SSSR count). The first-order valence-corrected chi connectivity index (χ1v) is 17.4. The molecule has 3 aromatic carbocycles. The van der Waals surface area contributed by atoms with Crippen molar-refractivity contribution < 1.29 is 41.0 Å². The number of ketones is 1. The number of aromatic nitrogens is 3. The smallest absolute Gasteiger partial charge is 0.417 e. The molecule has 2 aromatic heterocycles. The van der Waals surface area contributed by atoms with Gasteiger partial charge in [0.2, 0.25) is 5.91 Å². The Morgan fingerprint density at radius 2 is 1.79 bits per heavy atom. The summed E-state index contributed by atoms with van der Waals surface area (Å²) in [7, 11) is 3.33. The average Bonchev–Trinajstić information content (AvgIpc) is 3.57. The average molecular weight is 736 g/mol. The van der Waals surface area contributed by atoms with Crippen molar-refractivity contribution >= 4 is 39.3 Å². The molecule has 3 heterocycles. The second-order valence-corrected chi connectivity index (χ2v) is 13.5. The van der Waals surface area contributed by atoms with Crippen LogP contribution >= 0.6 is 0 Å². The molecule has 0 spiro atoms. The van der Waals surface area contributed by atoms with Crippen LogP contribution in [0.1, 0.15) is 58.7 Å². The molecule has 1 fully saturated rings. The van der Waals surface area contributed by atoms with Crippen LogP contribution in [0.15, 0.2) is 48.6 Å². The summed E-state index contributed by atoms with van der Waals surface area (Å²) in [5, 5.41) is 5.86. The number of aryl methyl sites for hydroxylation is 2. The van der Waals surface area contributed by atoms with Crippen LogP contribution in [-0.2, 0) is 29.3 Å². The van der Waals surface area contributed by atoms with Gasteiger partial charge in [0, 0.05) is 60.6 Å². The summed E-state index contributed by atoms with van der Waals surface area (Å²) in [6, 6.07) is 7.69. The molecule has 2 N–H and O–H groups in total. The molecule has 278 valence electrons. The Labute approximate surface area is 301 Å². The van der Waals surface area contributed by atoms with Crippen molar-refractivity contribution in [3.05, 3.63) is 88.4 Å². The molecule has 9 nitrogen and oxygen atoms in total. The van der Waals surface area contributed by atoms with E-state index in [1.807, 2.05) is 0 Å². The zero-order valence-electron chi connectivity index (χ0n) is 29.6.